The van der Waals surface area contributed by atoms with E-state index in [1.54, 1.807) is 36.4 Å². The predicted octanol–water partition coefficient (Wildman–Crippen LogP) is 5.96. The molecule has 2 N–H and O–H groups in total. The van der Waals surface area contributed by atoms with Gasteiger partial charge >= 0.3 is 0 Å². The molecule has 0 radical (unpaired) electrons. The van der Waals surface area contributed by atoms with Crippen LogP contribution < -0.4 is 9.64 Å². The molecule has 4 rings (SSSR count). The summed E-state index contributed by atoms with van der Waals surface area (Å²) in [4.78, 5) is 28.3. The number of phenolic OH excluding ortho intramolecular Hbond substituents is 1. The number of hydrogen-bond donors (Lipinski definition) is 2. The second-order valence-electron chi connectivity index (χ2n) is 8.26. The lowest BCUT2D eigenvalue weighted by atomic mass is 9.99. The number of anilines is 1. The molecule has 3 aromatic rings. The number of phenols is 1. The second kappa shape index (κ2) is 10.1. The number of ether oxygens (including phenoxy) is 1. The van der Waals surface area contributed by atoms with Gasteiger partial charge in [-0.15, -0.1) is 11.3 Å². The molecule has 1 atom stereocenters. The summed E-state index contributed by atoms with van der Waals surface area (Å²) in [7, 11) is 0. The molecule has 1 aliphatic rings. The topological polar surface area (TPSA) is 87.1 Å². The highest BCUT2D eigenvalue weighted by molar-refractivity contribution is 7.10. The minimum absolute atomic E-state index is 0.00929. The van der Waals surface area contributed by atoms with E-state index in [0.29, 0.717) is 22.8 Å². The van der Waals surface area contributed by atoms with Crippen LogP contribution in [0.5, 0.6) is 11.5 Å². The van der Waals surface area contributed by atoms with E-state index in [1.807, 2.05) is 24.4 Å². The van der Waals surface area contributed by atoms with Crippen LogP contribution >= 0.6 is 11.3 Å². The number of ketones is 1. The molecule has 1 aliphatic heterocycles. The first-order chi connectivity index (χ1) is 16.4. The number of carbonyl (C=O) groups excluding carboxylic acids is 2. The molecule has 1 saturated heterocycles. The molecule has 1 aromatic heterocycles. The summed E-state index contributed by atoms with van der Waals surface area (Å²) in [6.45, 7) is 4.58. The number of unbranched alkanes of at least 4 members (excludes halogenated alkanes) is 2. The van der Waals surface area contributed by atoms with Crippen LogP contribution in [0.2, 0.25) is 0 Å². The van der Waals surface area contributed by atoms with Crippen LogP contribution in [0.25, 0.3) is 5.76 Å². The van der Waals surface area contributed by atoms with Gasteiger partial charge < -0.3 is 14.9 Å². The maximum Gasteiger partial charge on any atom is 0.300 e. The normalized spacial score (nSPS) is 17.4. The number of nitrogens with zero attached hydrogens (tertiary/aromatic N) is 1. The van der Waals surface area contributed by atoms with Crippen molar-refractivity contribution in [2.24, 2.45) is 0 Å². The molecule has 0 aliphatic carbocycles. The van der Waals surface area contributed by atoms with E-state index in [9.17, 15) is 19.8 Å². The molecule has 1 fully saturated rings. The molecule has 0 saturated carbocycles. The van der Waals surface area contributed by atoms with Gasteiger partial charge in [-0.25, -0.2) is 0 Å². The molecule has 7 heteroatoms. The molecular weight excluding hydrogens is 450 g/mol. The Morgan fingerprint density at radius 3 is 2.53 bits per heavy atom. The van der Waals surface area contributed by atoms with Gasteiger partial charge in [0, 0.05) is 10.4 Å². The van der Waals surface area contributed by atoms with Crippen LogP contribution in [-0.2, 0) is 9.59 Å². The zero-order chi connectivity index (χ0) is 24.2. The van der Waals surface area contributed by atoms with Crippen LogP contribution in [-0.4, -0.2) is 28.5 Å². The first-order valence-corrected chi connectivity index (χ1v) is 12.2. The van der Waals surface area contributed by atoms with E-state index in [1.165, 1.54) is 22.3 Å². The number of hydrogen-bond acceptors (Lipinski definition) is 6. The van der Waals surface area contributed by atoms with Crippen LogP contribution in [0.3, 0.4) is 0 Å². The lowest BCUT2D eigenvalue weighted by molar-refractivity contribution is -0.132. The number of aliphatic hydroxyl groups is 1. The van der Waals surface area contributed by atoms with Gasteiger partial charge in [-0.05, 0) is 66.8 Å². The predicted molar refractivity (Wildman–Crippen MR) is 133 cm³/mol. The van der Waals surface area contributed by atoms with Gasteiger partial charge in [0.1, 0.15) is 23.3 Å². The first-order valence-electron chi connectivity index (χ1n) is 11.3. The standard InChI is InChI=1S/C27H27NO5S/c1-3-4-5-14-33-19-11-9-18(10-12-19)25(30)23-24(22-7-6-15-34-22)28(27(32)26(23)31)20-16-17(2)8-13-21(20)29/h6-13,15-16,24,29-30H,3-5,14H2,1-2H3/b25-23-. The SMILES string of the molecule is CCCCCOc1ccc(/C(O)=C2/C(=O)C(=O)N(c3cc(C)ccc3O)C2c2cccs2)cc1. The number of amides is 1. The Kier molecular flexibility index (Phi) is 7.03. The van der Waals surface area contributed by atoms with Gasteiger partial charge in [0.15, 0.2) is 0 Å². The Bertz CT molecular complexity index is 1210. The fourth-order valence-corrected chi connectivity index (χ4v) is 4.85. The summed E-state index contributed by atoms with van der Waals surface area (Å²) >= 11 is 1.37. The zero-order valence-electron chi connectivity index (χ0n) is 19.2. The minimum atomic E-state index is -0.849. The van der Waals surface area contributed by atoms with Crippen molar-refractivity contribution in [2.45, 2.75) is 39.2 Å². The maximum absolute atomic E-state index is 13.2. The first kappa shape index (κ1) is 23.6. The average molecular weight is 478 g/mol. The lowest BCUT2D eigenvalue weighted by Crippen LogP contribution is -2.29. The van der Waals surface area contributed by atoms with Gasteiger partial charge in [-0.2, -0.15) is 0 Å². The summed E-state index contributed by atoms with van der Waals surface area (Å²) < 4.78 is 5.73. The number of aryl methyl sites for hydroxylation is 1. The van der Waals surface area contributed by atoms with Crippen LogP contribution in [0, 0.1) is 6.92 Å². The smallest absolute Gasteiger partial charge is 0.300 e. The summed E-state index contributed by atoms with van der Waals surface area (Å²) in [5.74, 6) is -1.29. The van der Waals surface area contributed by atoms with Crippen molar-refractivity contribution in [1.29, 1.82) is 0 Å². The van der Waals surface area contributed by atoms with Crippen molar-refractivity contribution < 1.29 is 24.5 Å². The van der Waals surface area contributed by atoms with Gasteiger partial charge in [-0.3, -0.25) is 14.5 Å². The second-order valence-corrected chi connectivity index (χ2v) is 9.24. The van der Waals surface area contributed by atoms with E-state index in [2.05, 4.69) is 6.92 Å². The number of Topliss-reactive ketones (excluding diaryl/α,β-unsaturated/α-hetero) is 1. The highest BCUT2D eigenvalue weighted by Crippen LogP contribution is 2.46. The minimum Gasteiger partial charge on any atom is -0.507 e. The number of carbonyl (C=O) groups is 2. The lowest BCUT2D eigenvalue weighted by Gasteiger charge is -2.25. The van der Waals surface area contributed by atoms with Crippen molar-refractivity contribution in [3.63, 3.8) is 0 Å². The summed E-state index contributed by atoms with van der Waals surface area (Å²) in [6.07, 6.45) is 3.17. The Morgan fingerprint density at radius 1 is 1.09 bits per heavy atom. The van der Waals surface area contributed by atoms with Crippen molar-refractivity contribution in [2.75, 3.05) is 11.5 Å². The molecule has 34 heavy (non-hydrogen) atoms. The zero-order valence-corrected chi connectivity index (χ0v) is 20.0. The summed E-state index contributed by atoms with van der Waals surface area (Å²) in [5, 5.41) is 23.5. The van der Waals surface area contributed by atoms with E-state index >= 15 is 0 Å². The third kappa shape index (κ3) is 4.56. The molecule has 6 nitrogen and oxygen atoms in total. The van der Waals surface area contributed by atoms with Crippen molar-refractivity contribution in [1.82, 2.24) is 0 Å². The Hall–Kier alpha value is -3.58. The van der Waals surface area contributed by atoms with E-state index in [0.717, 1.165) is 24.8 Å². The molecule has 2 heterocycles. The number of rotatable bonds is 8. The summed E-state index contributed by atoms with van der Waals surface area (Å²) in [6, 6.07) is 14.5. The highest BCUT2D eigenvalue weighted by atomic mass is 32.1. The number of aliphatic hydroxyl groups excluding tert-OH is 1. The summed E-state index contributed by atoms with van der Waals surface area (Å²) in [5.41, 5.74) is 1.46. The van der Waals surface area contributed by atoms with E-state index in [4.69, 9.17) is 4.74 Å². The largest absolute Gasteiger partial charge is 0.507 e. The highest BCUT2D eigenvalue weighted by Gasteiger charge is 2.48. The van der Waals surface area contributed by atoms with E-state index in [-0.39, 0.29) is 22.8 Å². The number of aromatic hydroxyl groups is 1. The Morgan fingerprint density at radius 2 is 1.85 bits per heavy atom. The molecule has 1 amide bonds. The molecule has 176 valence electrons. The third-order valence-corrected chi connectivity index (χ3v) is 6.72. The molecule has 2 aromatic carbocycles. The third-order valence-electron chi connectivity index (χ3n) is 5.79. The van der Waals surface area contributed by atoms with E-state index < -0.39 is 17.7 Å². The van der Waals surface area contributed by atoms with Gasteiger partial charge in [0.05, 0.1) is 17.9 Å². The molecule has 1 unspecified atom stereocenters. The molecular formula is C27H27NO5S. The maximum atomic E-state index is 13.2. The van der Waals surface area contributed by atoms with Crippen molar-refractivity contribution in [3.05, 3.63) is 81.6 Å². The van der Waals surface area contributed by atoms with Gasteiger partial charge in [0.25, 0.3) is 11.7 Å². The van der Waals surface area contributed by atoms with Crippen LogP contribution in [0.1, 0.15) is 48.2 Å². The molecule has 0 spiro atoms. The van der Waals surface area contributed by atoms with Gasteiger partial charge in [-0.1, -0.05) is 31.9 Å². The fourth-order valence-electron chi connectivity index (χ4n) is 4.03. The van der Waals surface area contributed by atoms with Gasteiger partial charge in [0.2, 0.25) is 0 Å². The fraction of sp³-hybridized carbons (Fsp3) is 0.259. The Labute approximate surface area is 202 Å². The van der Waals surface area contributed by atoms with Crippen LogP contribution in [0.15, 0.2) is 65.6 Å². The molecule has 0 bridgehead atoms. The van der Waals surface area contributed by atoms with Crippen molar-refractivity contribution >= 4 is 34.5 Å². The van der Waals surface area contributed by atoms with Crippen LogP contribution in [0.4, 0.5) is 5.69 Å². The number of thiophene rings is 1. The number of benzene rings is 2. The Balaban J connectivity index is 1.74. The monoisotopic (exact) mass is 477 g/mol. The quantitative estimate of drug-likeness (QED) is 0.181. The average Bonchev–Trinajstić information content (AvgIpc) is 3.45. The van der Waals surface area contributed by atoms with Crippen molar-refractivity contribution in [3.8, 4) is 11.5 Å².